The standard InChI is InChI=1S/C16H19N3O3/c1-11-4-3-5-12(8-11)9-13(16(21)22)10-17-15(20)14-6-7-18-19(14)2/h3-8,13H,9-10H2,1-2H3,(H,17,20)(H,21,22). The number of carboxylic acids is 1. The van der Waals surface area contributed by atoms with Crippen molar-refractivity contribution in [1.82, 2.24) is 15.1 Å². The summed E-state index contributed by atoms with van der Waals surface area (Å²) in [5.74, 6) is -1.92. The molecule has 0 saturated carbocycles. The Kier molecular flexibility index (Phi) is 4.93. The van der Waals surface area contributed by atoms with Gasteiger partial charge >= 0.3 is 5.97 Å². The third-order valence-corrected chi connectivity index (χ3v) is 3.48. The number of benzene rings is 1. The Balaban J connectivity index is 1.99. The van der Waals surface area contributed by atoms with Crippen LogP contribution in [0.15, 0.2) is 36.5 Å². The van der Waals surface area contributed by atoms with Crippen LogP contribution in [0.4, 0.5) is 0 Å². The smallest absolute Gasteiger partial charge is 0.308 e. The predicted molar refractivity (Wildman–Crippen MR) is 81.6 cm³/mol. The van der Waals surface area contributed by atoms with E-state index < -0.39 is 11.9 Å². The summed E-state index contributed by atoms with van der Waals surface area (Å²) in [7, 11) is 1.66. The fourth-order valence-corrected chi connectivity index (χ4v) is 2.27. The van der Waals surface area contributed by atoms with Crippen LogP contribution in [-0.4, -0.2) is 33.3 Å². The highest BCUT2D eigenvalue weighted by Gasteiger charge is 2.20. The van der Waals surface area contributed by atoms with E-state index in [1.807, 2.05) is 31.2 Å². The number of aromatic nitrogens is 2. The average molecular weight is 301 g/mol. The first kappa shape index (κ1) is 15.8. The molecular weight excluding hydrogens is 282 g/mol. The van der Waals surface area contributed by atoms with E-state index in [0.717, 1.165) is 11.1 Å². The van der Waals surface area contributed by atoms with Gasteiger partial charge in [0.2, 0.25) is 0 Å². The molecule has 2 N–H and O–H groups in total. The van der Waals surface area contributed by atoms with Gasteiger partial charge in [0.25, 0.3) is 5.91 Å². The Morgan fingerprint density at radius 2 is 2.14 bits per heavy atom. The number of nitrogens with one attached hydrogen (secondary N) is 1. The lowest BCUT2D eigenvalue weighted by atomic mass is 9.98. The number of nitrogens with zero attached hydrogens (tertiary/aromatic N) is 2. The lowest BCUT2D eigenvalue weighted by Gasteiger charge is -2.14. The molecule has 1 unspecified atom stereocenters. The molecule has 1 amide bonds. The normalized spacial score (nSPS) is 11.9. The molecule has 0 saturated heterocycles. The van der Waals surface area contributed by atoms with Gasteiger partial charge in [0.15, 0.2) is 0 Å². The van der Waals surface area contributed by atoms with Crippen LogP contribution in [0, 0.1) is 12.8 Å². The summed E-state index contributed by atoms with van der Waals surface area (Å²) >= 11 is 0. The van der Waals surface area contributed by atoms with Crippen molar-refractivity contribution in [3.63, 3.8) is 0 Å². The Morgan fingerprint density at radius 1 is 1.36 bits per heavy atom. The van der Waals surface area contributed by atoms with Gasteiger partial charge in [-0.1, -0.05) is 29.8 Å². The zero-order chi connectivity index (χ0) is 16.1. The first-order valence-electron chi connectivity index (χ1n) is 7.02. The van der Waals surface area contributed by atoms with Crippen molar-refractivity contribution in [2.24, 2.45) is 13.0 Å². The minimum atomic E-state index is -0.924. The molecule has 0 aliphatic rings. The second kappa shape index (κ2) is 6.89. The number of hydrogen-bond acceptors (Lipinski definition) is 3. The zero-order valence-electron chi connectivity index (χ0n) is 12.6. The number of aliphatic carboxylic acids is 1. The summed E-state index contributed by atoms with van der Waals surface area (Å²) in [5, 5.41) is 15.9. The van der Waals surface area contributed by atoms with Crippen molar-refractivity contribution in [3.05, 3.63) is 53.3 Å². The number of carbonyl (C=O) groups is 2. The summed E-state index contributed by atoms with van der Waals surface area (Å²) in [4.78, 5) is 23.4. The van der Waals surface area contributed by atoms with Crippen molar-refractivity contribution in [2.45, 2.75) is 13.3 Å². The van der Waals surface area contributed by atoms with E-state index in [4.69, 9.17) is 0 Å². The van der Waals surface area contributed by atoms with Crippen LogP contribution in [0.3, 0.4) is 0 Å². The van der Waals surface area contributed by atoms with E-state index in [9.17, 15) is 14.7 Å². The van der Waals surface area contributed by atoms with Gasteiger partial charge in [-0.3, -0.25) is 14.3 Å². The van der Waals surface area contributed by atoms with E-state index in [2.05, 4.69) is 10.4 Å². The molecule has 0 spiro atoms. The number of carbonyl (C=O) groups excluding carboxylic acids is 1. The lowest BCUT2D eigenvalue weighted by Crippen LogP contribution is -2.35. The van der Waals surface area contributed by atoms with Crippen LogP contribution in [0.1, 0.15) is 21.6 Å². The Morgan fingerprint density at radius 3 is 2.73 bits per heavy atom. The Hall–Kier alpha value is -2.63. The van der Waals surface area contributed by atoms with Crippen LogP contribution >= 0.6 is 0 Å². The number of aryl methyl sites for hydroxylation is 2. The van der Waals surface area contributed by atoms with Gasteiger partial charge in [0.1, 0.15) is 5.69 Å². The fourth-order valence-electron chi connectivity index (χ4n) is 2.27. The van der Waals surface area contributed by atoms with E-state index in [1.165, 1.54) is 10.9 Å². The first-order valence-corrected chi connectivity index (χ1v) is 7.02. The summed E-state index contributed by atoms with van der Waals surface area (Å²) in [6.07, 6.45) is 1.90. The lowest BCUT2D eigenvalue weighted by molar-refractivity contribution is -0.141. The molecule has 1 aromatic carbocycles. The maximum Gasteiger partial charge on any atom is 0.308 e. The molecule has 0 aliphatic heterocycles. The topological polar surface area (TPSA) is 84.2 Å². The molecule has 6 nitrogen and oxygen atoms in total. The van der Waals surface area contributed by atoms with Gasteiger partial charge in [0.05, 0.1) is 5.92 Å². The molecule has 2 aromatic rings. The summed E-state index contributed by atoms with van der Waals surface area (Å²) < 4.78 is 1.45. The highest BCUT2D eigenvalue weighted by molar-refractivity contribution is 5.92. The quantitative estimate of drug-likeness (QED) is 0.844. The van der Waals surface area contributed by atoms with Gasteiger partial charge in [-0.15, -0.1) is 0 Å². The van der Waals surface area contributed by atoms with Crippen LogP contribution < -0.4 is 5.32 Å². The molecule has 6 heteroatoms. The van der Waals surface area contributed by atoms with Crippen LogP contribution in [-0.2, 0) is 18.3 Å². The molecule has 1 atom stereocenters. The van der Waals surface area contributed by atoms with Gasteiger partial charge in [-0.25, -0.2) is 0 Å². The van der Waals surface area contributed by atoms with Crippen molar-refractivity contribution in [1.29, 1.82) is 0 Å². The molecule has 2 rings (SSSR count). The van der Waals surface area contributed by atoms with E-state index in [1.54, 1.807) is 13.1 Å². The van der Waals surface area contributed by atoms with Crippen molar-refractivity contribution >= 4 is 11.9 Å². The second-order valence-corrected chi connectivity index (χ2v) is 5.28. The maximum atomic E-state index is 12.0. The molecule has 0 radical (unpaired) electrons. The number of amides is 1. The van der Waals surface area contributed by atoms with Gasteiger partial charge < -0.3 is 10.4 Å². The van der Waals surface area contributed by atoms with Gasteiger partial charge in [-0.05, 0) is 25.0 Å². The third kappa shape index (κ3) is 3.94. The molecule has 116 valence electrons. The van der Waals surface area contributed by atoms with E-state index in [-0.39, 0.29) is 12.5 Å². The largest absolute Gasteiger partial charge is 0.481 e. The Bertz CT molecular complexity index is 679. The summed E-state index contributed by atoms with van der Waals surface area (Å²) in [5.41, 5.74) is 2.43. The fraction of sp³-hybridized carbons (Fsp3) is 0.312. The average Bonchev–Trinajstić information content (AvgIpc) is 2.89. The molecule has 22 heavy (non-hydrogen) atoms. The summed E-state index contributed by atoms with van der Waals surface area (Å²) in [6, 6.07) is 9.30. The monoisotopic (exact) mass is 301 g/mol. The summed E-state index contributed by atoms with van der Waals surface area (Å²) in [6.45, 7) is 2.04. The minimum Gasteiger partial charge on any atom is -0.481 e. The van der Waals surface area contributed by atoms with Crippen molar-refractivity contribution in [3.8, 4) is 0 Å². The molecule has 0 fully saturated rings. The Labute approximate surface area is 128 Å². The maximum absolute atomic E-state index is 12.0. The van der Waals surface area contributed by atoms with Crippen LogP contribution in [0.5, 0.6) is 0 Å². The van der Waals surface area contributed by atoms with Crippen LogP contribution in [0.2, 0.25) is 0 Å². The predicted octanol–water partition coefficient (Wildman–Crippen LogP) is 1.40. The van der Waals surface area contributed by atoms with Crippen molar-refractivity contribution < 1.29 is 14.7 Å². The number of rotatable bonds is 6. The van der Waals surface area contributed by atoms with Gasteiger partial charge in [0, 0.05) is 19.8 Å². The molecule has 0 aliphatic carbocycles. The highest BCUT2D eigenvalue weighted by atomic mass is 16.4. The SMILES string of the molecule is Cc1cccc(CC(CNC(=O)c2ccnn2C)C(=O)O)c1. The highest BCUT2D eigenvalue weighted by Crippen LogP contribution is 2.11. The third-order valence-electron chi connectivity index (χ3n) is 3.48. The minimum absolute atomic E-state index is 0.0767. The first-order chi connectivity index (χ1) is 10.5. The van der Waals surface area contributed by atoms with E-state index in [0.29, 0.717) is 12.1 Å². The van der Waals surface area contributed by atoms with Crippen LogP contribution in [0.25, 0.3) is 0 Å². The zero-order valence-corrected chi connectivity index (χ0v) is 12.6. The number of hydrogen-bond donors (Lipinski definition) is 2. The van der Waals surface area contributed by atoms with E-state index >= 15 is 0 Å². The molecule has 1 aromatic heterocycles. The number of carboxylic acid groups (broad SMARTS) is 1. The molecule has 0 bridgehead atoms. The van der Waals surface area contributed by atoms with Crippen molar-refractivity contribution in [2.75, 3.05) is 6.54 Å². The van der Waals surface area contributed by atoms with Gasteiger partial charge in [-0.2, -0.15) is 5.10 Å². The molecule has 1 heterocycles. The molecular formula is C16H19N3O3. The second-order valence-electron chi connectivity index (χ2n) is 5.28.